The molecule has 1 aromatic carbocycles. The monoisotopic (exact) mass is 322 g/mol. The number of amides is 1. The van der Waals surface area contributed by atoms with E-state index in [1.165, 1.54) is 0 Å². The van der Waals surface area contributed by atoms with Crippen molar-refractivity contribution in [1.29, 1.82) is 0 Å². The smallest absolute Gasteiger partial charge is 0.254 e. The van der Waals surface area contributed by atoms with E-state index < -0.39 is 28.9 Å². The Morgan fingerprint density at radius 3 is 2.52 bits per heavy atom. The number of nitrogens with one attached hydrogen (secondary N) is 2. The van der Waals surface area contributed by atoms with E-state index in [0.29, 0.717) is 0 Å². The van der Waals surface area contributed by atoms with Crippen LogP contribution in [0.5, 0.6) is 0 Å². The van der Waals surface area contributed by atoms with Crippen molar-refractivity contribution in [2.24, 2.45) is 5.92 Å². The van der Waals surface area contributed by atoms with E-state index in [9.17, 15) is 18.0 Å². The first-order chi connectivity index (χ1) is 9.41. The van der Waals surface area contributed by atoms with Crippen LogP contribution in [0.25, 0.3) is 0 Å². The largest absolute Gasteiger partial charge is 0.347 e. The van der Waals surface area contributed by atoms with E-state index in [1.807, 2.05) is 13.8 Å². The van der Waals surface area contributed by atoms with Gasteiger partial charge in [-0.3, -0.25) is 4.79 Å². The van der Waals surface area contributed by atoms with Crippen LogP contribution in [-0.4, -0.2) is 24.5 Å². The van der Waals surface area contributed by atoms with Gasteiger partial charge in [0.2, 0.25) is 0 Å². The normalized spacial score (nSPS) is 25.1. The van der Waals surface area contributed by atoms with Gasteiger partial charge in [-0.15, -0.1) is 12.4 Å². The molecule has 2 rings (SSSR count). The number of carbonyl (C=O) groups is 1. The van der Waals surface area contributed by atoms with Gasteiger partial charge in [-0.05, 0) is 37.9 Å². The summed E-state index contributed by atoms with van der Waals surface area (Å²) in [6, 6.07) is 1.56. The number of carbonyl (C=O) groups excluding carboxylic acids is 1. The quantitative estimate of drug-likeness (QED) is 0.822. The average Bonchev–Trinajstić information content (AvgIpc) is 2.40. The maximum Gasteiger partial charge on any atom is 0.254 e. The Morgan fingerprint density at radius 1 is 1.24 bits per heavy atom. The van der Waals surface area contributed by atoms with Crippen LogP contribution >= 0.6 is 12.4 Å². The van der Waals surface area contributed by atoms with Crippen molar-refractivity contribution in [2.75, 3.05) is 6.54 Å². The van der Waals surface area contributed by atoms with Gasteiger partial charge in [0.05, 0.1) is 5.56 Å². The van der Waals surface area contributed by atoms with Gasteiger partial charge in [-0.1, -0.05) is 6.92 Å². The minimum atomic E-state index is -1.62. The number of hydrogen-bond donors (Lipinski definition) is 2. The summed E-state index contributed by atoms with van der Waals surface area (Å²) < 4.78 is 39.6. The second-order valence-electron chi connectivity index (χ2n) is 5.23. The van der Waals surface area contributed by atoms with Crippen LogP contribution in [0.15, 0.2) is 12.1 Å². The Labute approximate surface area is 127 Å². The van der Waals surface area contributed by atoms with Crippen molar-refractivity contribution in [3.63, 3.8) is 0 Å². The van der Waals surface area contributed by atoms with Crippen molar-refractivity contribution in [3.05, 3.63) is 35.1 Å². The Bertz CT molecular complexity index is 517. The van der Waals surface area contributed by atoms with Crippen molar-refractivity contribution in [3.8, 4) is 0 Å². The van der Waals surface area contributed by atoms with Gasteiger partial charge >= 0.3 is 0 Å². The van der Waals surface area contributed by atoms with Crippen LogP contribution in [-0.2, 0) is 0 Å². The van der Waals surface area contributed by atoms with Crippen molar-refractivity contribution >= 4 is 18.3 Å². The van der Waals surface area contributed by atoms with Gasteiger partial charge in [0.15, 0.2) is 17.5 Å². The van der Waals surface area contributed by atoms with E-state index in [1.54, 1.807) is 0 Å². The molecule has 1 aliphatic heterocycles. The number of halogens is 4. The highest BCUT2D eigenvalue weighted by atomic mass is 35.5. The Balaban J connectivity index is 0.00000220. The van der Waals surface area contributed by atoms with Crippen LogP contribution in [0, 0.1) is 23.4 Å². The molecule has 0 spiro atoms. The molecular weight excluding hydrogens is 305 g/mol. The maximum absolute atomic E-state index is 13.6. The molecule has 7 heteroatoms. The predicted molar refractivity (Wildman–Crippen MR) is 76.1 cm³/mol. The van der Waals surface area contributed by atoms with E-state index in [2.05, 4.69) is 10.6 Å². The minimum absolute atomic E-state index is 0. The molecule has 0 bridgehead atoms. The van der Waals surface area contributed by atoms with Crippen LogP contribution in [0.3, 0.4) is 0 Å². The molecule has 1 amide bonds. The molecule has 21 heavy (non-hydrogen) atoms. The molecule has 0 aliphatic carbocycles. The molecule has 1 fully saturated rings. The number of rotatable bonds is 2. The molecule has 2 N–H and O–H groups in total. The van der Waals surface area contributed by atoms with Crippen LogP contribution in [0.4, 0.5) is 13.2 Å². The molecule has 0 saturated carbocycles. The van der Waals surface area contributed by atoms with Gasteiger partial charge in [-0.2, -0.15) is 0 Å². The topological polar surface area (TPSA) is 41.1 Å². The fraction of sp³-hybridized carbons (Fsp3) is 0.500. The van der Waals surface area contributed by atoms with E-state index in [4.69, 9.17) is 0 Å². The lowest BCUT2D eigenvalue weighted by Crippen LogP contribution is -2.56. The third-order valence-corrected chi connectivity index (χ3v) is 3.80. The first-order valence-electron chi connectivity index (χ1n) is 6.59. The van der Waals surface area contributed by atoms with Crippen molar-refractivity contribution < 1.29 is 18.0 Å². The predicted octanol–water partition coefficient (Wildman–Crippen LogP) is 2.64. The summed E-state index contributed by atoms with van der Waals surface area (Å²) in [5, 5.41) is 5.90. The van der Waals surface area contributed by atoms with Gasteiger partial charge in [0, 0.05) is 12.1 Å². The molecule has 1 aromatic rings. The second-order valence-corrected chi connectivity index (χ2v) is 5.23. The fourth-order valence-electron chi connectivity index (χ4n) is 2.54. The Kier molecular flexibility index (Phi) is 6.04. The first kappa shape index (κ1) is 17.8. The zero-order valence-electron chi connectivity index (χ0n) is 11.8. The third-order valence-electron chi connectivity index (χ3n) is 3.80. The van der Waals surface area contributed by atoms with Crippen LogP contribution in [0.2, 0.25) is 0 Å². The Hall–Kier alpha value is -1.27. The van der Waals surface area contributed by atoms with Gasteiger partial charge < -0.3 is 10.6 Å². The summed E-state index contributed by atoms with van der Waals surface area (Å²) in [4.78, 5) is 12.0. The third kappa shape index (κ3) is 3.68. The molecule has 118 valence electrons. The molecular formula is C14H18ClF3N2O. The molecule has 1 aliphatic rings. The zero-order valence-corrected chi connectivity index (χ0v) is 12.6. The lowest BCUT2D eigenvalue weighted by molar-refractivity contribution is 0.0892. The average molecular weight is 323 g/mol. The first-order valence-corrected chi connectivity index (χ1v) is 6.59. The van der Waals surface area contributed by atoms with Gasteiger partial charge in [-0.25, -0.2) is 13.2 Å². The summed E-state index contributed by atoms with van der Waals surface area (Å²) in [5.41, 5.74) is -0.478. The van der Waals surface area contributed by atoms with Gasteiger partial charge in [0.25, 0.3) is 5.91 Å². The van der Waals surface area contributed by atoms with Crippen LogP contribution in [0.1, 0.15) is 30.6 Å². The fourth-order valence-corrected chi connectivity index (χ4v) is 2.54. The molecule has 1 heterocycles. The van der Waals surface area contributed by atoms with E-state index >= 15 is 0 Å². The summed E-state index contributed by atoms with van der Waals surface area (Å²) in [6.07, 6.45) is 0.884. The van der Waals surface area contributed by atoms with Gasteiger partial charge in [0.1, 0.15) is 0 Å². The molecule has 3 nitrogen and oxygen atoms in total. The number of piperidine rings is 1. The lowest BCUT2D eigenvalue weighted by atomic mass is 9.89. The molecule has 1 saturated heterocycles. The minimum Gasteiger partial charge on any atom is -0.347 e. The lowest BCUT2D eigenvalue weighted by Gasteiger charge is -2.36. The SMILES string of the molecule is CC1CCNC(C)C1NC(=O)c1ccc(F)c(F)c1F.Cl. The highest BCUT2D eigenvalue weighted by molar-refractivity contribution is 5.94. The molecule has 0 aromatic heterocycles. The highest BCUT2D eigenvalue weighted by Gasteiger charge is 2.30. The van der Waals surface area contributed by atoms with Crippen LogP contribution < -0.4 is 10.6 Å². The summed E-state index contributed by atoms with van der Waals surface area (Å²) in [7, 11) is 0. The highest BCUT2D eigenvalue weighted by Crippen LogP contribution is 2.19. The van der Waals surface area contributed by atoms with Crippen molar-refractivity contribution in [2.45, 2.75) is 32.4 Å². The molecule has 3 unspecified atom stereocenters. The van der Waals surface area contributed by atoms with E-state index in [-0.39, 0.29) is 30.4 Å². The summed E-state index contributed by atoms with van der Waals surface area (Å²) in [6.45, 7) is 4.76. The molecule has 3 atom stereocenters. The number of hydrogen-bond acceptors (Lipinski definition) is 2. The summed E-state index contributed by atoms with van der Waals surface area (Å²) >= 11 is 0. The maximum atomic E-state index is 13.6. The summed E-state index contributed by atoms with van der Waals surface area (Å²) in [5.74, 6) is -4.88. The standard InChI is InChI=1S/C14H17F3N2O.ClH/c1-7-5-6-18-8(2)13(7)19-14(20)9-3-4-10(15)12(17)11(9)16;/h3-4,7-8,13,18H,5-6H2,1-2H3,(H,19,20);1H. The van der Waals surface area contributed by atoms with E-state index in [0.717, 1.165) is 25.1 Å². The second kappa shape index (κ2) is 7.13. The molecule has 0 radical (unpaired) electrons. The van der Waals surface area contributed by atoms with Crippen molar-refractivity contribution in [1.82, 2.24) is 10.6 Å². The number of benzene rings is 1. The zero-order chi connectivity index (χ0) is 14.9. The Morgan fingerprint density at radius 2 is 1.90 bits per heavy atom.